The normalized spacial score (nSPS) is 12.7. The number of benzene rings is 1. The van der Waals surface area contributed by atoms with E-state index in [1.54, 1.807) is 11.5 Å². The molecule has 0 aliphatic heterocycles. The molecule has 5 heteroatoms. The van der Waals surface area contributed by atoms with E-state index in [1.807, 2.05) is 25.1 Å². The van der Waals surface area contributed by atoms with Gasteiger partial charge < -0.3 is 5.73 Å². The van der Waals surface area contributed by atoms with Crippen molar-refractivity contribution in [3.05, 3.63) is 34.7 Å². The van der Waals surface area contributed by atoms with E-state index in [9.17, 15) is 4.79 Å². The Labute approximate surface area is 96.6 Å². The summed E-state index contributed by atoms with van der Waals surface area (Å²) in [5.74, 6) is -0.483. The van der Waals surface area contributed by atoms with Crippen LogP contribution in [0.15, 0.2) is 24.3 Å². The molecule has 0 spiro atoms. The van der Waals surface area contributed by atoms with Gasteiger partial charge in [-0.05, 0) is 30.0 Å². The van der Waals surface area contributed by atoms with Crippen molar-refractivity contribution in [1.29, 1.82) is 0 Å². The zero-order valence-electron chi connectivity index (χ0n) is 8.73. The molecule has 0 fully saturated rings. The standard InChI is InChI=1S/C11H12N2O2S/c1-6(12)7-2-3-8-5-10(11(14)13-15)16-9(8)4-7/h2-6,15H,12H2,1H3,(H,13,14). The molecule has 1 aromatic carbocycles. The predicted octanol–water partition coefficient (Wildman–Crippen LogP) is 2.04. The van der Waals surface area contributed by atoms with Crippen LogP contribution in [0.5, 0.6) is 0 Å². The molecular weight excluding hydrogens is 224 g/mol. The molecule has 4 N–H and O–H groups in total. The second-order valence-electron chi connectivity index (χ2n) is 3.64. The number of nitrogens with two attached hydrogens (primary N) is 1. The van der Waals surface area contributed by atoms with E-state index < -0.39 is 5.91 Å². The summed E-state index contributed by atoms with van der Waals surface area (Å²) in [4.78, 5) is 11.7. The minimum Gasteiger partial charge on any atom is -0.324 e. The lowest BCUT2D eigenvalue weighted by molar-refractivity contribution is 0.0711. The van der Waals surface area contributed by atoms with Crippen LogP contribution in [-0.4, -0.2) is 11.1 Å². The summed E-state index contributed by atoms with van der Waals surface area (Å²) in [6, 6.07) is 7.57. The minimum atomic E-state index is -0.483. The van der Waals surface area contributed by atoms with Gasteiger partial charge in [0, 0.05) is 10.7 Å². The van der Waals surface area contributed by atoms with Crippen molar-refractivity contribution < 1.29 is 10.0 Å². The van der Waals surface area contributed by atoms with Crippen molar-refractivity contribution in [2.24, 2.45) is 5.73 Å². The Morgan fingerprint density at radius 1 is 1.50 bits per heavy atom. The van der Waals surface area contributed by atoms with Crippen molar-refractivity contribution in [3.63, 3.8) is 0 Å². The molecule has 0 aliphatic carbocycles. The lowest BCUT2D eigenvalue weighted by Crippen LogP contribution is -2.16. The van der Waals surface area contributed by atoms with Crippen LogP contribution in [0.4, 0.5) is 0 Å². The highest BCUT2D eigenvalue weighted by atomic mass is 32.1. The molecule has 2 rings (SSSR count). The second-order valence-corrected chi connectivity index (χ2v) is 4.72. The van der Waals surface area contributed by atoms with Gasteiger partial charge in [0.25, 0.3) is 5.91 Å². The summed E-state index contributed by atoms with van der Waals surface area (Å²) in [5.41, 5.74) is 8.44. The highest BCUT2D eigenvalue weighted by Gasteiger charge is 2.10. The van der Waals surface area contributed by atoms with E-state index >= 15 is 0 Å². The van der Waals surface area contributed by atoms with Gasteiger partial charge in [-0.25, -0.2) is 5.48 Å². The third kappa shape index (κ3) is 1.92. The number of hydrogen-bond donors (Lipinski definition) is 3. The van der Waals surface area contributed by atoms with Crippen LogP contribution < -0.4 is 11.2 Å². The zero-order valence-corrected chi connectivity index (χ0v) is 9.54. The summed E-state index contributed by atoms with van der Waals surface area (Å²) in [7, 11) is 0. The zero-order chi connectivity index (χ0) is 11.7. The van der Waals surface area contributed by atoms with Gasteiger partial charge in [-0.3, -0.25) is 10.0 Å². The molecule has 1 unspecified atom stereocenters. The number of amides is 1. The van der Waals surface area contributed by atoms with Gasteiger partial charge in [0.15, 0.2) is 0 Å². The smallest absolute Gasteiger partial charge is 0.284 e. The third-order valence-corrected chi connectivity index (χ3v) is 3.49. The Morgan fingerprint density at radius 2 is 2.25 bits per heavy atom. The van der Waals surface area contributed by atoms with Crippen molar-refractivity contribution in [3.8, 4) is 0 Å². The second kappa shape index (κ2) is 4.21. The van der Waals surface area contributed by atoms with Gasteiger partial charge in [-0.1, -0.05) is 12.1 Å². The van der Waals surface area contributed by atoms with Crippen molar-refractivity contribution >= 4 is 27.3 Å². The summed E-state index contributed by atoms with van der Waals surface area (Å²) in [6.45, 7) is 1.91. The van der Waals surface area contributed by atoms with Crippen LogP contribution in [0.2, 0.25) is 0 Å². The predicted molar refractivity (Wildman–Crippen MR) is 63.7 cm³/mol. The first-order valence-electron chi connectivity index (χ1n) is 4.85. The molecule has 4 nitrogen and oxygen atoms in total. The number of nitrogens with one attached hydrogen (secondary N) is 1. The summed E-state index contributed by atoms with van der Waals surface area (Å²) < 4.78 is 0.994. The van der Waals surface area contributed by atoms with Crippen LogP contribution >= 0.6 is 11.3 Å². The van der Waals surface area contributed by atoms with Gasteiger partial charge >= 0.3 is 0 Å². The number of fused-ring (bicyclic) bond motifs is 1. The molecular formula is C11H12N2O2S. The van der Waals surface area contributed by atoms with E-state index in [0.717, 1.165) is 15.6 Å². The van der Waals surface area contributed by atoms with Gasteiger partial charge in [0.2, 0.25) is 0 Å². The van der Waals surface area contributed by atoms with Crippen molar-refractivity contribution in [2.45, 2.75) is 13.0 Å². The Bertz CT molecular complexity index is 534. The highest BCUT2D eigenvalue weighted by molar-refractivity contribution is 7.20. The SMILES string of the molecule is CC(N)c1ccc2cc(C(=O)NO)sc2c1. The number of thiophene rings is 1. The summed E-state index contributed by atoms with van der Waals surface area (Å²) in [5, 5.41) is 9.52. The maximum absolute atomic E-state index is 11.2. The van der Waals surface area contributed by atoms with Gasteiger partial charge in [-0.2, -0.15) is 0 Å². The first-order valence-corrected chi connectivity index (χ1v) is 5.67. The lowest BCUT2D eigenvalue weighted by atomic mass is 10.1. The fourth-order valence-electron chi connectivity index (χ4n) is 1.50. The molecule has 1 atom stereocenters. The number of rotatable bonds is 2. The number of carbonyl (C=O) groups is 1. The lowest BCUT2D eigenvalue weighted by Gasteiger charge is -2.04. The van der Waals surface area contributed by atoms with Crippen LogP contribution in [0.25, 0.3) is 10.1 Å². The minimum absolute atomic E-state index is 0.0263. The van der Waals surface area contributed by atoms with Crippen LogP contribution in [0.3, 0.4) is 0 Å². The Balaban J connectivity index is 2.50. The fraction of sp³-hybridized carbons (Fsp3) is 0.182. The molecule has 0 saturated heterocycles. The largest absolute Gasteiger partial charge is 0.324 e. The average molecular weight is 236 g/mol. The number of carbonyl (C=O) groups excluding carboxylic acids is 1. The topological polar surface area (TPSA) is 75.4 Å². The molecule has 1 amide bonds. The average Bonchev–Trinajstić information content (AvgIpc) is 2.70. The van der Waals surface area contributed by atoms with E-state index in [-0.39, 0.29) is 6.04 Å². The first-order chi connectivity index (χ1) is 7.61. The van der Waals surface area contributed by atoms with Crippen molar-refractivity contribution in [1.82, 2.24) is 5.48 Å². The van der Waals surface area contributed by atoms with Gasteiger partial charge in [-0.15, -0.1) is 11.3 Å². The Hall–Kier alpha value is -1.43. The number of hydroxylamine groups is 1. The highest BCUT2D eigenvalue weighted by Crippen LogP contribution is 2.27. The number of hydrogen-bond acceptors (Lipinski definition) is 4. The quantitative estimate of drug-likeness (QED) is 0.551. The van der Waals surface area contributed by atoms with E-state index in [1.165, 1.54) is 11.3 Å². The third-order valence-electron chi connectivity index (χ3n) is 2.40. The molecule has 0 aliphatic rings. The van der Waals surface area contributed by atoms with Crippen LogP contribution in [-0.2, 0) is 0 Å². The Morgan fingerprint density at radius 3 is 2.88 bits per heavy atom. The fourth-order valence-corrected chi connectivity index (χ4v) is 2.50. The van der Waals surface area contributed by atoms with E-state index in [4.69, 9.17) is 10.9 Å². The first kappa shape index (κ1) is 11.1. The van der Waals surface area contributed by atoms with Gasteiger partial charge in [0.1, 0.15) is 0 Å². The van der Waals surface area contributed by atoms with E-state index in [0.29, 0.717) is 4.88 Å². The van der Waals surface area contributed by atoms with Crippen molar-refractivity contribution in [2.75, 3.05) is 0 Å². The molecule has 0 radical (unpaired) electrons. The van der Waals surface area contributed by atoms with E-state index in [2.05, 4.69) is 0 Å². The molecule has 2 aromatic rings. The monoisotopic (exact) mass is 236 g/mol. The summed E-state index contributed by atoms with van der Waals surface area (Å²) in [6.07, 6.45) is 0. The maximum Gasteiger partial charge on any atom is 0.284 e. The van der Waals surface area contributed by atoms with Gasteiger partial charge in [0.05, 0.1) is 4.88 Å². The summed E-state index contributed by atoms with van der Waals surface area (Å²) >= 11 is 1.33. The molecule has 84 valence electrons. The van der Waals surface area contributed by atoms with Crippen LogP contribution in [0, 0.1) is 0 Å². The molecule has 0 saturated carbocycles. The Kier molecular flexibility index (Phi) is 2.91. The molecule has 16 heavy (non-hydrogen) atoms. The van der Waals surface area contributed by atoms with Crippen LogP contribution in [0.1, 0.15) is 28.2 Å². The molecule has 1 aromatic heterocycles. The maximum atomic E-state index is 11.2. The molecule has 1 heterocycles. The molecule has 0 bridgehead atoms.